The smallest absolute Gasteiger partial charge is 0.316 e. The van der Waals surface area contributed by atoms with Gasteiger partial charge in [0, 0.05) is 23.7 Å². The van der Waals surface area contributed by atoms with E-state index in [1.807, 2.05) is 25.1 Å². The van der Waals surface area contributed by atoms with E-state index in [9.17, 15) is 9.59 Å². The van der Waals surface area contributed by atoms with E-state index in [1.54, 1.807) is 29.2 Å². The van der Waals surface area contributed by atoms with Crippen molar-refractivity contribution in [3.05, 3.63) is 58.6 Å². The van der Waals surface area contributed by atoms with Gasteiger partial charge in [0.25, 0.3) is 0 Å². The Morgan fingerprint density at radius 2 is 1.88 bits per heavy atom. The lowest BCUT2D eigenvalue weighted by atomic mass is 10.0. The standard InChI is InChI=1S/C21H22ClNO3/c1-13(2)18-9-4-14(3)10-19(18)26-21(25)15-11-20(24)23(12-15)17-7-5-16(22)6-8-17/h4-10,13,15H,11-12H2,1-3H3/t15-/m1/s1. The Kier molecular flexibility index (Phi) is 5.33. The summed E-state index contributed by atoms with van der Waals surface area (Å²) in [5.41, 5.74) is 2.76. The van der Waals surface area contributed by atoms with E-state index in [-0.39, 0.29) is 24.2 Å². The van der Waals surface area contributed by atoms with Gasteiger partial charge in [-0.3, -0.25) is 9.59 Å². The van der Waals surface area contributed by atoms with Crippen molar-refractivity contribution in [2.45, 2.75) is 33.1 Å². The maximum atomic E-state index is 12.7. The summed E-state index contributed by atoms with van der Waals surface area (Å²) in [4.78, 5) is 26.6. The van der Waals surface area contributed by atoms with E-state index in [1.165, 1.54) is 0 Å². The molecule has 1 atom stereocenters. The van der Waals surface area contributed by atoms with Gasteiger partial charge in [-0.05, 0) is 54.3 Å². The third kappa shape index (κ3) is 3.91. The van der Waals surface area contributed by atoms with Gasteiger partial charge in [-0.15, -0.1) is 0 Å². The number of ether oxygens (including phenoxy) is 1. The lowest BCUT2D eigenvalue weighted by Crippen LogP contribution is -2.27. The quantitative estimate of drug-likeness (QED) is 0.576. The largest absolute Gasteiger partial charge is 0.426 e. The monoisotopic (exact) mass is 371 g/mol. The first kappa shape index (κ1) is 18.5. The van der Waals surface area contributed by atoms with Gasteiger partial charge in [-0.2, -0.15) is 0 Å². The van der Waals surface area contributed by atoms with Crippen LogP contribution < -0.4 is 9.64 Å². The molecule has 5 heteroatoms. The lowest BCUT2D eigenvalue weighted by Gasteiger charge is -2.17. The molecular weight excluding hydrogens is 350 g/mol. The molecule has 4 nitrogen and oxygen atoms in total. The van der Waals surface area contributed by atoms with Crippen molar-refractivity contribution in [1.82, 2.24) is 0 Å². The van der Waals surface area contributed by atoms with Gasteiger partial charge < -0.3 is 9.64 Å². The first-order chi connectivity index (χ1) is 12.3. The van der Waals surface area contributed by atoms with Crippen LogP contribution in [-0.4, -0.2) is 18.4 Å². The van der Waals surface area contributed by atoms with Gasteiger partial charge in [0.1, 0.15) is 5.75 Å². The van der Waals surface area contributed by atoms with Gasteiger partial charge in [0.2, 0.25) is 5.91 Å². The van der Waals surface area contributed by atoms with Crippen molar-refractivity contribution in [2.24, 2.45) is 5.92 Å². The number of halogens is 1. The predicted octanol–water partition coefficient (Wildman–Crippen LogP) is 4.73. The Hall–Kier alpha value is -2.33. The summed E-state index contributed by atoms with van der Waals surface area (Å²) in [5.74, 6) is -0.0832. The minimum absolute atomic E-state index is 0.0809. The second-order valence-corrected chi connectivity index (χ2v) is 7.44. The van der Waals surface area contributed by atoms with E-state index >= 15 is 0 Å². The molecule has 26 heavy (non-hydrogen) atoms. The molecule has 0 spiro atoms. The fraction of sp³-hybridized carbons (Fsp3) is 0.333. The van der Waals surface area contributed by atoms with E-state index < -0.39 is 5.92 Å². The van der Waals surface area contributed by atoms with Gasteiger partial charge >= 0.3 is 5.97 Å². The number of carbonyl (C=O) groups is 2. The number of anilines is 1. The number of rotatable bonds is 4. The van der Waals surface area contributed by atoms with Crippen LogP contribution in [0.5, 0.6) is 5.75 Å². The van der Waals surface area contributed by atoms with Gasteiger partial charge in [-0.1, -0.05) is 37.6 Å². The minimum Gasteiger partial charge on any atom is -0.426 e. The molecule has 1 aliphatic heterocycles. The molecule has 0 aliphatic carbocycles. The third-order valence-electron chi connectivity index (χ3n) is 4.60. The molecule has 0 saturated carbocycles. The average molecular weight is 372 g/mol. The van der Waals surface area contributed by atoms with E-state index in [0.29, 0.717) is 17.3 Å². The summed E-state index contributed by atoms with van der Waals surface area (Å²) < 4.78 is 5.68. The fourth-order valence-electron chi connectivity index (χ4n) is 3.13. The van der Waals surface area contributed by atoms with Crippen LogP contribution in [0, 0.1) is 12.8 Å². The molecule has 0 radical (unpaired) electrons. The number of aryl methyl sites for hydroxylation is 1. The van der Waals surface area contributed by atoms with E-state index in [0.717, 1.165) is 16.8 Å². The van der Waals surface area contributed by atoms with Crippen LogP contribution in [0.2, 0.25) is 5.02 Å². The molecule has 0 unspecified atom stereocenters. The number of amides is 1. The molecule has 3 rings (SSSR count). The minimum atomic E-state index is -0.473. The summed E-state index contributed by atoms with van der Waals surface area (Å²) in [6.45, 7) is 6.40. The van der Waals surface area contributed by atoms with Crippen molar-refractivity contribution < 1.29 is 14.3 Å². The van der Waals surface area contributed by atoms with Gasteiger partial charge in [0.05, 0.1) is 5.92 Å². The highest BCUT2D eigenvalue weighted by atomic mass is 35.5. The molecule has 0 aromatic heterocycles. The number of hydrogen-bond acceptors (Lipinski definition) is 3. The molecule has 1 amide bonds. The Bertz CT molecular complexity index is 830. The van der Waals surface area contributed by atoms with Crippen LogP contribution in [0.4, 0.5) is 5.69 Å². The van der Waals surface area contributed by atoms with Crippen molar-refractivity contribution >= 4 is 29.2 Å². The zero-order chi connectivity index (χ0) is 18.8. The van der Waals surface area contributed by atoms with E-state index in [2.05, 4.69) is 13.8 Å². The van der Waals surface area contributed by atoms with Crippen LogP contribution in [0.25, 0.3) is 0 Å². The number of nitrogens with zero attached hydrogens (tertiary/aromatic N) is 1. The summed E-state index contributed by atoms with van der Waals surface area (Å²) in [6, 6.07) is 12.9. The SMILES string of the molecule is Cc1ccc(C(C)C)c(OC(=O)[C@@H]2CC(=O)N(c3ccc(Cl)cc3)C2)c1. The number of esters is 1. The van der Waals surface area contributed by atoms with Crippen LogP contribution >= 0.6 is 11.6 Å². The van der Waals surface area contributed by atoms with Crippen molar-refractivity contribution in [3.63, 3.8) is 0 Å². The summed E-state index contributed by atoms with van der Waals surface area (Å²) in [7, 11) is 0. The summed E-state index contributed by atoms with van der Waals surface area (Å²) >= 11 is 5.90. The predicted molar refractivity (Wildman–Crippen MR) is 103 cm³/mol. The highest BCUT2D eigenvalue weighted by Gasteiger charge is 2.36. The van der Waals surface area contributed by atoms with Crippen molar-refractivity contribution in [1.29, 1.82) is 0 Å². The topological polar surface area (TPSA) is 46.6 Å². The van der Waals surface area contributed by atoms with Crippen LogP contribution in [-0.2, 0) is 9.59 Å². The summed E-state index contributed by atoms with van der Waals surface area (Å²) in [6.07, 6.45) is 0.157. The highest BCUT2D eigenvalue weighted by molar-refractivity contribution is 6.30. The molecule has 0 bridgehead atoms. The molecule has 2 aromatic carbocycles. The number of carbonyl (C=O) groups excluding carboxylic acids is 2. The van der Waals surface area contributed by atoms with Gasteiger partial charge in [0.15, 0.2) is 0 Å². The molecule has 0 N–H and O–H groups in total. The second-order valence-electron chi connectivity index (χ2n) is 7.00. The van der Waals surface area contributed by atoms with Crippen molar-refractivity contribution in [3.8, 4) is 5.75 Å². The number of benzene rings is 2. The highest BCUT2D eigenvalue weighted by Crippen LogP contribution is 2.31. The summed E-state index contributed by atoms with van der Waals surface area (Å²) in [5, 5.41) is 0.608. The number of hydrogen-bond donors (Lipinski definition) is 0. The molecular formula is C21H22ClNO3. The molecule has 1 aliphatic rings. The second kappa shape index (κ2) is 7.50. The first-order valence-electron chi connectivity index (χ1n) is 8.73. The lowest BCUT2D eigenvalue weighted by molar-refractivity contribution is -0.139. The molecule has 136 valence electrons. The maximum absolute atomic E-state index is 12.7. The van der Waals surface area contributed by atoms with Crippen LogP contribution in [0.3, 0.4) is 0 Å². The zero-order valence-corrected chi connectivity index (χ0v) is 15.9. The van der Waals surface area contributed by atoms with Crippen LogP contribution in [0.15, 0.2) is 42.5 Å². The third-order valence-corrected chi connectivity index (χ3v) is 4.85. The van der Waals surface area contributed by atoms with E-state index in [4.69, 9.17) is 16.3 Å². The maximum Gasteiger partial charge on any atom is 0.316 e. The normalized spacial score (nSPS) is 17.0. The molecule has 2 aromatic rings. The Labute approximate surface area is 158 Å². The molecule has 1 saturated heterocycles. The zero-order valence-electron chi connectivity index (χ0n) is 15.2. The average Bonchev–Trinajstić information content (AvgIpc) is 2.97. The Morgan fingerprint density at radius 1 is 1.19 bits per heavy atom. The van der Waals surface area contributed by atoms with Crippen molar-refractivity contribution in [2.75, 3.05) is 11.4 Å². The fourth-order valence-corrected chi connectivity index (χ4v) is 3.26. The first-order valence-corrected chi connectivity index (χ1v) is 9.11. The van der Waals surface area contributed by atoms with Crippen LogP contribution in [0.1, 0.15) is 37.3 Å². The Balaban J connectivity index is 1.75. The van der Waals surface area contributed by atoms with Gasteiger partial charge in [-0.25, -0.2) is 0 Å². The Morgan fingerprint density at radius 3 is 2.54 bits per heavy atom. The molecule has 1 heterocycles. The molecule has 1 fully saturated rings.